The van der Waals surface area contributed by atoms with Crippen LogP contribution in [0.25, 0.3) is 44.7 Å². The number of nitrogens with zero attached hydrogens (tertiary/aromatic N) is 4. The Kier molecular flexibility index (Phi) is 2.69. The number of hydrogen-bond donors (Lipinski definition) is 2. The van der Waals surface area contributed by atoms with E-state index in [1.807, 2.05) is 42.5 Å². The van der Waals surface area contributed by atoms with Crippen molar-refractivity contribution in [2.24, 2.45) is 0 Å². The maximum Gasteiger partial charge on any atom is 0.135 e. The average Bonchev–Trinajstić information content (AvgIpc) is 3.25. The third-order valence-electron chi connectivity index (χ3n) is 4.01. The molecule has 5 heterocycles. The van der Waals surface area contributed by atoms with Crippen LogP contribution in [0.3, 0.4) is 0 Å². The number of pyridine rings is 3. The molecule has 0 fully saturated rings. The fourth-order valence-corrected chi connectivity index (χ4v) is 2.85. The molecule has 0 unspecified atom stereocenters. The molecule has 0 spiro atoms. The smallest absolute Gasteiger partial charge is 0.135 e. The molecule has 2 N–H and O–H groups in total. The quantitative estimate of drug-likeness (QED) is 0.522. The van der Waals surface area contributed by atoms with E-state index in [-0.39, 0.29) is 0 Å². The van der Waals surface area contributed by atoms with E-state index in [1.165, 1.54) is 0 Å². The Morgan fingerprint density at radius 3 is 2.75 bits per heavy atom. The van der Waals surface area contributed by atoms with Gasteiger partial charge in [0.1, 0.15) is 11.2 Å². The second-order valence-corrected chi connectivity index (χ2v) is 5.53. The van der Waals surface area contributed by atoms with Crippen LogP contribution in [0.2, 0.25) is 0 Å². The zero-order valence-electron chi connectivity index (χ0n) is 12.6. The summed E-state index contributed by atoms with van der Waals surface area (Å²) in [7, 11) is 0. The van der Waals surface area contributed by atoms with Crippen LogP contribution in [0.15, 0.2) is 61.1 Å². The number of aromatic amines is 2. The molecule has 6 heteroatoms. The van der Waals surface area contributed by atoms with E-state index in [2.05, 4.69) is 25.1 Å². The van der Waals surface area contributed by atoms with Gasteiger partial charge in [-0.3, -0.25) is 15.1 Å². The molecule has 0 radical (unpaired) electrons. The van der Waals surface area contributed by atoms with Crippen molar-refractivity contribution in [3.63, 3.8) is 0 Å². The number of hydrogen-bond acceptors (Lipinski definition) is 4. The topological polar surface area (TPSA) is 83.1 Å². The Morgan fingerprint density at radius 1 is 0.917 bits per heavy atom. The van der Waals surface area contributed by atoms with E-state index < -0.39 is 0 Å². The summed E-state index contributed by atoms with van der Waals surface area (Å²) in [4.78, 5) is 16.6. The molecule has 114 valence electrons. The maximum atomic E-state index is 4.78. The van der Waals surface area contributed by atoms with E-state index in [1.54, 1.807) is 18.6 Å². The van der Waals surface area contributed by atoms with Gasteiger partial charge >= 0.3 is 0 Å². The van der Waals surface area contributed by atoms with Gasteiger partial charge in [-0.05, 0) is 42.5 Å². The maximum absolute atomic E-state index is 4.78. The van der Waals surface area contributed by atoms with E-state index in [9.17, 15) is 0 Å². The standard InChI is InChI=1S/C18H12N6/c1-3-11(10-19-7-1)12-5-6-14-17(22-12)18(24-23-14)16-9-15-13(21-16)4-2-8-20-15/h1-10,21H,(H,23,24). The number of H-pyrrole nitrogens is 2. The van der Waals surface area contributed by atoms with Crippen molar-refractivity contribution in [2.45, 2.75) is 0 Å². The van der Waals surface area contributed by atoms with Crippen LogP contribution in [0.1, 0.15) is 0 Å². The predicted octanol–water partition coefficient (Wildman–Crippen LogP) is 3.56. The van der Waals surface area contributed by atoms with Gasteiger partial charge in [0.05, 0.1) is 27.9 Å². The van der Waals surface area contributed by atoms with Crippen molar-refractivity contribution in [1.29, 1.82) is 0 Å². The van der Waals surface area contributed by atoms with Gasteiger partial charge in [-0.15, -0.1) is 0 Å². The summed E-state index contributed by atoms with van der Waals surface area (Å²) in [6.45, 7) is 0. The molecular weight excluding hydrogens is 300 g/mol. The molecule has 0 amide bonds. The molecule has 0 saturated heterocycles. The highest BCUT2D eigenvalue weighted by molar-refractivity contribution is 5.93. The minimum absolute atomic E-state index is 0.786. The molecule has 0 aliphatic rings. The zero-order valence-corrected chi connectivity index (χ0v) is 12.6. The Morgan fingerprint density at radius 2 is 1.88 bits per heavy atom. The van der Waals surface area contributed by atoms with Gasteiger partial charge in [0.25, 0.3) is 0 Å². The highest BCUT2D eigenvalue weighted by Gasteiger charge is 2.13. The molecule has 0 atom stereocenters. The summed E-state index contributed by atoms with van der Waals surface area (Å²) in [5, 5.41) is 7.47. The Balaban J connectivity index is 1.71. The first-order chi connectivity index (χ1) is 11.9. The van der Waals surface area contributed by atoms with Gasteiger partial charge in [-0.25, -0.2) is 4.98 Å². The lowest BCUT2D eigenvalue weighted by Gasteiger charge is -2.00. The first-order valence-corrected chi connectivity index (χ1v) is 7.58. The molecule has 0 aliphatic heterocycles. The van der Waals surface area contributed by atoms with Crippen LogP contribution < -0.4 is 0 Å². The fraction of sp³-hybridized carbons (Fsp3) is 0. The SMILES string of the molecule is c1cncc(-c2ccc3[nH]nc(-c4cc5ncccc5[nH]4)c3n2)c1. The van der Waals surface area contributed by atoms with Crippen molar-refractivity contribution in [3.05, 3.63) is 61.1 Å². The fourth-order valence-electron chi connectivity index (χ4n) is 2.85. The second kappa shape index (κ2) is 4.99. The van der Waals surface area contributed by atoms with E-state index in [4.69, 9.17) is 4.98 Å². The Hall–Kier alpha value is -3.54. The number of fused-ring (bicyclic) bond motifs is 2. The summed E-state index contributed by atoms with van der Waals surface area (Å²) in [6, 6.07) is 13.7. The summed E-state index contributed by atoms with van der Waals surface area (Å²) >= 11 is 0. The largest absolute Gasteiger partial charge is 0.352 e. The van der Waals surface area contributed by atoms with Crippen molar-refractivity contribution in [1.82, 2.24) is 30.1 Å². The summed E-state index contributed by atoms with van der Waals surface area (Å²) < 4.78 is 0. The van der Waals surface area contributed by atoms with Crippen molar-refractivity contribution in [3.8, 4) is 22.6 Å². The molecule has 0 aromatic carbocycles. The lowest BCUT2D eigenvalue weighted by molar-refractivity contribution is 1.12. The van der Waals surface area contributed by atoms with Gasteiger partial charge < -0.3 is 4.98 Å². The van der Waals surface area contributed by atoms with Gasteiger partial charge in [0, 0.05) is 24.2 Å². The third kappa shape index (κ3) is 1.97. The molecule has 5 aromatic heterocycles. The van der Waals surface area contributed by atoms with Crippen molar-refractivity contribution < 1.29 is 0 Å². The van der Waals surface area contributed by atoms with Gasteiger partial charge in [-0.2, -0.15) is 5.10 Å². The lowest BCUT2D eigenvalue weighted by atomic mass is 10.1. The molecule has 6 nitrogen and oxygen atoms in total. The van der Waals surface area contributed by atoms with Gasteiger partial charge in [0.2, 0.25) is 0 Å². The second-order valence-electron chi connectivity index (χ2n) is 5.53. The normalized spacial score (nSPS) is 11.3. The molecule has 0 bridgehead atoms. The first kappa shape index (κ1) is 13.0. The van der Waals surface area contributed by atoms with E-state index in [0.29, 0.717) is 0 Å². The zero-order chi connectivity index (χ0) is 15.9. The summed E-state index contributed by atoms with van der Waals surface area (Å²) in [5.41, 5.74) is 7.13. The summed E-state index contributed by atoms with van der Waals surface area (Å²) in [6.07, 6.45) is 5.34. The average molecular weight is 312 g/mol. The Bertz CT molecular complexity index is 1120. The molecule has 0 saturated carbocycles. The molecule has 0 aliphatic carbocycles. The van der Waals surface area contributed by atoms with Crippen LogP contribution in [0.4, 0.5) is 0 Å². The molecule has 5 rings (SSSR count). The molecule has 5 aromatic rings. The third-order valence-corrected chi connectivity index (χ3v) is 4.01. The van der Waals surface area contributed by atoms with Crippen molar-refractivity contribution in [2.75, 3.05) is 0 Å². The molecular formula is C18H12N6. The minimum Gasteiger partial charge on any atom is -0.352 e. The highest BCUT2D eigenvalue weighted by atomic mass is 15.1. The monoisotopic (exact) mass is 312 g/mol. The van der Waals surface area contributed by atoms with Crippen molar-refractivity contribution >= 4 is 22.1 Å². The van der Waals surface area contributed by atoms with E-state index in [0.717, 1.165) is 44.7 Å². The van der Waals surface area contributed by atoms with Gasteiger partial charge in [-0.1, -0.05) is 0 Å². The van der Waals surface area contributed by atoms with E-state index >= 15 is 0 Å². The van der Waals surface area contributed by atoms with Crippen LogP contribution in [-0.4, -0.2) is 30.1 Å². The van der Waals surface area contributed by atoms with Crippen LogP contribution in [0, 0.1) is 0 Å². The molecule has 24 heavy (non-hydrogen) atoms. The minimum atomic E-state index is 0.786. The summed E-state index contributed by atoms with van der Waals surface area (Å²) in [5.74, 6) is 0. The number of rotatable bonds is 2. The van der Waals surface area contributed by atoms with Crippen LogP contribution in [0.5, 0.6) is 0 Å². The first-order valence-electron chi connectivity index (χ1n) is 7.58. The Labute approximate surface area is 136 Å². The lowest BCUT2D eigenvalue weighted by Crippen LogP contribution is -1.86. The number of nitrogens with one attached hydrogen (secondary N) is 2. The predicted molar refractivity (Wildman–Crippen MR) is 92.2 cm³/mol. The van der Waals surface area contributed by atoms with Crippen LogP contribution in [-0.2, 0) is 0 Å². The van der Waals surface area contributed by atoms with Crippen LogP contribution >= 0.6 is 0 Å². The number of aromatic nitrogens is 6. The van der Waals surface area contributed by atoms with Gasteiger partial charge in [0.15, 0.2) is 0 Å². The highest BCUT2D eigenvalue weighted by Crippen LogP contribution is 2.28.